The first-order chi connectivity index (χ1) is 9.24. The molecule has 0 aliphatic carbocycles. The Morgan fingerprint density at radius 3 is 1.68 bits per heavy atom. The van der Waals surface area contributed by atoms with Gasteiger partial charge in [0.1, 0.15) is 0 Å². The molecule has 0 aliphatic rings. The summed E-state index contributed by atoms with van der Waals surface area (Å²) in [4.78, 5) is 11.5. The number of aliphatic carboxylic acids is 1. The number of hydrogen-bond acceptors (Lipinski definition) is 1. The summed E-state index contributed by atoms with van der Waals surface area (Å²) in [6.07, 6.45) is 0.615. The number of hydrogen-bond donors (Lipinski definition) is 1. The summed E-state index contributed by atoms with van der Waals surface area (Å²) < 4.78 is 0. The monoisotopic (exact) mass is 254 g/mol. The summed E-state index contributed by atoms with van der Waals surface area (Å²) in [5.74, 6) is -1.23. The highest BCUT2D eigenvalue weighted by Crippen LogP contribution is 2.33. The van der Waals surface area contributed by atoms with Gasteiger partial charge in [-0.25, -0.2) is 0 Å². The molecule has 1 N–H and O–H groups in total. The van der Waals surface area contributed by atoms with E-state index in [2.05, 4.69) is 0 Å². The van der Waals surface area contributed by atoms with Crippen molar-refractivity contribution >= 4 is 5.97 Å². The van der Waals surface area contributed by atoms with Gasteiger partial charge in [-0.2, -0.15) is 0 Å². The lowest BCUT2D eigenvalue weighted by Gasteiger charge is -2.24. The fourth-order valence-electron chi connectivity index (χ4n) is 2.53. The SMILES string of the molecule is CCC(C(=O)O)C(c1ccccc1)c1ccccc1. The van der Waals surface area contributed by atoms with Crippen LogP contribution < -0.4 is 0 Å². The van der Waals surface area contributed by atoms with E-state index in [-0.39, 0.29) is 5.92 Å². The van der Waals surface area contributed by atoms with E-state index in [0.29, 0.717) is 6.42 Å². The van der Waals surface area contributed by atoms with E-state index in [4.69, 9.17) is 0 Å². The number of carboxylic acids is 1. The van der Waals surface area contributed by atoms with E-state index in [0.717, 1.165) is 11.1 Å². The van der Waals surface area contributed by atoms with Gasteiger partial charge in [-0.1, -0.05) is 67.6 Å². The van der Waals surface area contributed by atoms with Gasteiger partial charge < -0.3 is 5.11 Å². The molecule has 0 aliphatic heterocycles. The maximum Gasteiger partial charge on any atom is 0.307 e. The highest BCUT2D eigenvalue weighted by Gasteiger charge is 2.28. The van der Waals surface area contributed by atoms with Crippen LogP contribution in [-0.2, 0) is 4.79 Å². The third kappa shape index (κ3) is 3.02. The van der Waals surface area contributed by atoms with Crippen LogP contribution in [0.2, 0.25) is 0 Å². The Kier molecular flexibility index (Phi) is 4.35. The Hall–Kier alpha value is -2.09. The van der Waals surface area contributed by atoms with Crippen LogP contribution in [0.15, 0.2) is 60.7 Å². The van der Waals surface area contributed by atoms with Crippen molar-refractivity contribution in [1.82, 2.24) is 0 Å². The molecular weight excluding hydrogens is 236 g/mol. The molecule has 0 fully saturated rings. The highest BCUT2D eigenvalue weighted by atomic mass is 16.4. The number of benzene rings is 2. The molecule has 1 atom stereocenters. The molecular formula is C17H18O2. The molecule has 1 unspecified atom stereocenters. The van der Waals surface area contributed by atoms with Gasteiger partial charge in [0.2, 0.25) is 0 Å². The fraction of sp³-hybridized carbons (Fsp3) is 0.235. The largest absolute Gasteiger partial charge is 0.481 e. The first-order valence-electron chi connectivity index (χ1n) is 6.56. The molecule has 2 aromatic rings. The van der Waals surface area contributed by atoms with Crippen molar-refractivity contribution in [2.75, 3.05) is 0 Å². The molecule has 0 bridgehead atoms. The van der Waals surface area contributed by atoms with Crippen molar-refractivity contribution < 1.29 is 9.90 Å². The minimum absolute atomic E-state index is 0.0927. The molecule has 0 spiro atoms. The molecule has 0 heterocycles. The molecule has 19 heavy (non-hydrogen) atoms. The van der Waals surface area contributed by atoms with E-state index >= 15 is 0 Å². The molecule has 0 amide bonds. The van der Waals surface area contributed by atoms with E-state index in [1.165, 1.54) is 0 Å². The maximum atomic E-state index is 11.5. The maximum absolute atomic E-state index is 11.5. The van der Waals surface area contributed by atoms with Crippen molar-refractivity contribution in [2.45, 2.75) is 19.3 Å². The zero-order valence-electron chi connectivity index (χ0n) is 11.0. The second kappa shape index (κ2) is 6.19. The molecule has 0 aromatic heterocycles. The van der Waals surface area contributed by atoms with E-state index in [1.807, 2.05) is 67.6 Å². The standard InChI is InChI=1S/C17H18O2/c1-2-15(17(18)19)16(13-9-5-3-6-10-13)14-11-7-4-8-12-14/h3-12,15-16H,2H2,1H3,(H,18,19). The van der Waals surface area contributed by atoms with Crippen LogP contribution in [0.4, 0.5) is 0 Å². The van der Waals surface area contributed by atoms with Crippen LogP contribution in [0, 0.1) is 5.92 Å². The van der Waals surface area contributed by atoms with Gasteiger partial charge in [0.25, 0.3) is 0 Å². The number of rotatable bonds is 5. The second-order valence-electron chi connectivity index (χ2n) is 4.65. The Balaban J connectivity index is 2.48. The summed E-state index contributed by atoms with van der Waals surface area (Å²) in [6, 6.07) is 19.7. The molecule has 0 radical (unpaired) electrons. The van der Waals surface area contributed by atoms with Crippen LogP contribution in [0.3, 0.4) is 0 Å². The van der Waals surface area contributed by atoms with Crippen LogP contribution in [0.1, 0.15) is 30.4 Å². The topological polar surface area (TPSA) is 37.3 Å². The number of carboxylic acid groups (broad SMARTS) is 1. The molecule has 2 rings (SSSR count). The molecule has 2 heteroatoms. The Morgan fingerprint density at radius 2 is 1.37 bits per heavy atom. The van der Waals surface area contributed by atoms with Gasteiger partial charge in [-0.3, -0.25) is 4.79 Å². The summed E-state index contributed by atoms with van der Waals surface area (Å²) in [5.41, 5.74) is 2.12. The molecule has 0 saturated heterocycles. The molecule has 2 aromatic carbocycles. The average Bonchev–Trinajstić information content (AvgIpc) is 2.46. The minimum atomic E-state index is -0.736. The normalized spacial score (nSPS) is 12.3. The van der Waals surface area contributed by atoms with Crippen LogP contribution in [0.25, 0.3) is 0 Å². The van der Waals surface area contributed by atoms with E-state index < -0.39 is 11.9 Å². The molecule has 98 valence electrons. The summed E-state index contributed by atoms with van der Waals surface area (Å²) in [6.45, 7) is 1.93. The summed E-state index contributed by atoms with van der Waals surface area (Å²) >= 11 is 0. The van der Waals surface area contributed by atoms with Gasteiger partial charge >= 0.3 is 5.97 Å². The summed E-state index contributed by atoms with van der Waals surface area (Å²) in [7, 11) is 0. The lowest BCUT2D eigenvalue weighted by molar-refractivity contribution is -0.142. The van der Waals surface area contributed by atoms with E-state index in [1.54, 1.807) is 0 Å². The average molecular weight is 254 g/mol. The van der Waals surface area contributed by atoms with Crippen LogP contribution in [-0.4, -0.2) is 11.1 Å². The van der Waals surface area contributed by atoms with Gasteiger partial charge in [-0.15, -0.1) is 0 Å². The van der Waals surface area contributed by atoms with Crippen molar-refractivity contribution in [3.05, 3.63) is 71.8 Å². The first kappa shape index (κ1) is 13.3. The quantitative estimate of drug-likeness (QED) is 0.877. The van der Waals surface area contributed by atoms with E-state index in [9.17, 15) is 9.90 Å². The van der Waals surface area contributed by atoms with Crippen LogP contribution >= 0.6 is 0 Å². The lowest BCUT2D eigenvalue weighted by Crippen LogP contribution is -2.22. The predicted octanol–water partition coefficient (Wildman–Crippen LogP) is 3.93. The van der Waals surface area contributed by atoms with Crippen molar-refractivity contribution in [1.29, 1.82) is 0 Å². The van der Waals surface area contributed by atoms with Crippen molar-refractivity contribution in [3.8, 4) is 0 Å². The van der Waals surface area contributed by atoms with Crippen molar-refractivity contribution in [3.63, 3.8) is 0 Å². The number of carbonyl (C=O) groups is 1. The second-order valence-corrected chi connectivity index (χ2v) is 4.65. The zero-order valence-corrected chi connectivity index (χ0v) is 11.0. The summed E-state index contributed by atoms with van der Waals surface area (Å²) in [5, 5.41) is 9.47. The highest BCUT2D eigenvalue weighted by molar-refractivity contribution is 5.72. The lowest BCUT2D eigenvalue weighted by atomic mass is 9.79. The third-order valence-electron chi connectivity index (χ3n) is 3.48. The Bertz CT molecular complexity index is 480. The smallest absolute Gasteiger partial charge is 0.307 e. The fourth-order valence-corrected chi connectivity index (χ4v) is 2.53. The van der Waals surface area contributed by atoms with Gasteiger partial charge in [0.05, 0.1) is 5.92 Å². The molecule has 0 saturated carbocycles. The van der Waals surface area contributed by atoms with Crippen LogP contribution in [0.5, 0.6) is 0 Å². The molecule has 2 nitrogen and oxygen atoms in total. The Morgan fingerprint density at radius 1 is 0.947 bits per heavy atom. The minimum Gasteiger partial charge on any atom is -0.481 e. The van der Waals surface area contributed by atoms with Gasteiger partial charge in [0.15, 0.2) is 0 Å². The third-order valence-corrected chi connectivity index (χ3v) is 3.48. The zero-order chi connectivity index (χ0) is 13.7. The Labute approximate surface area is 113 Å². The van der Waals surface area contributed by atoms with Crippen molar-refractivity contribution in [2.24, 2.45) is 5.92 Å². The first-order valence-corrected chi connectivity index (χ1v) is 6.56. The predicted molar refractivity (Wildman–Crippen MR) is 76.1 cm³/mol. The van der Waals surface area contributed by atoms with Gasteiger partial charge in [0, 0.05) is 5.92 Å². The van der Waals surface area contributed by atoms with Gasteiger partial charge in [-0.05, 0) is 17.5 Å².